The topological polar surface area (TPSA) is 46.2 Å². The fraction of sp³-hybridized carbons (Fsp3) is 1.00. The van der Waals surface area contributed by atoms with Gasteiger partial charge in [0.25, 0.3) is 0 Å². The van der Waals surface area contributed by atoms with Gasteiger partial charge in [-0.3, -0.25) is 0 Å². The fourth-order valence-electron chi connectivity index (χ4n) is 2.24. The smallest absolute Gasteiger partial charge is 0.0701 e. The van der Waals surface area contributed by atoms with Crippen LogP contribution >= 0.6 is 0 Å². The van der Waals surface area contributed by atoms with E-state index in [1.54, 1.807) is 0 Å². The number of rotatable bonds is 22. The molecule has 5 heteroatoms. The molecule has 0 saturated carbocycles. The molecule has 5 nitrogen and oxygen atoms in total. The van der Waals surface area contributed by atoms with Gasteiger partial charge in [-0.05, 0) is 12.8 Å². The van der Waals surface area contributed by atoms with Crippen molar-refractivity contribution in [3.8, 4) is 0 Å². The van der Waals surface area contributed by atoms with Gasteiger partial charge in [-0.25, -0.2) is 0 Å². The van der Waals surface area contributed by atoms with E-state index in [-0.39, 0.29) is 0 Å². The van der Waals surface area contributed by atoms with Crippen LogP contribution in [0.4, 0.5) is 0 Å². The maximum Gasteiger partial charge on any atom is 0.0701 e. The predicted octanol–water partition coefficient (Wildman–Crippen LogP) is 4.23. The molecule has 0 amide bonds. The first-order valence-electron chi connectivity index (χ1n) is 10.3. The van der Waals surface area contributed by atoms with E-state index in [1.807, 2.05) is 0 Å². The zero-order valence-corrected chi connectivity index (χ0v) is 16.8. The molecule has 0 rings (SSSR count). The zero-order valence-electron chi connectivity index (χ0n) is 16.8. The van der Waals surface area contributed by atoms with Crippen LogP contribution in [0.15, 0.2) is 0 Å². The van der Waals surface area contributed by atoms with Crippen molar-refractivity contribution in [2.45, 2.75) is 65.2 Å². The van der Waals surface area contributed by atoms with Gasteiger partial charge in [0.15, 0.2) is 0 Å². The lowest BCUT2D eigenvalue weighted by Gasteiger charge is -2.08. The highest BCUT2D eigenvalue weighted by Crippen LogP contribution is 2.02. The lowest BCUT2D eigenvalue weighted by molar-refractivity contribution is -0.0114. The second-order valence-corrected chi connectivity index (χ2v) is 6.18. The van der Waals surface area contributed by atoms with Crippen molar-refractivity contribution >= 4 is 0 Å². The van der Waals surface area contributed by atoms with Crippen LogP contribution in [-0.4, -0.2) is 66.1 Å². The Hall–Kier alpha value is -0.200. The second kappa shape index (κ2) is 23.8. The quantitative estimate of drug-likeness (QED) is 0.270. The van der Waals surface area contributed by atoms with Crippen LogP contribution in [0.1, 0.15) is 65.2 Å². The minimum absolute atomic E-state index is 0.605. The fourth-order valence-corrected chi connectivity index (χ4v) is 2.24. The third kappa shape index (κ3) is 23.8. The summed E-state index contributed by atoms with van der Waals surface area (Å²) in [5.74, 6) is 0. The molecule has 0 aromatic heterocycles. The first kappa shape index (κ1) is 24.8. The normalized spacial score (nSPS) is 11.3. The summed E-state index contributed by atoms with van der Waals surface area (Å²) in [6.45, 7) is 11.2. The molecule has 0 fully saturated rings. The molecule has 0 aliphatic rings. The second-order valence-electron chi connectivity index (χ2n) is 6.18. The van der Waals surface area contributed by atoms with E-state index in [1.165, 1.54) is 38.5 Å². The van der Waals surface area contributed by atoms with Gasteiger partial charge in [0.1, 0.15) is 0 Å². The molecule has 0 aromatic carbocycles. The summed E-state index contributed by atoms with van der Waals surface area (Å²) in [6.07, 6.45) is 9.99. The van der Waals surface area contributed by atoms with E-state index in [9.17, 15) is 0 Å². The molecule has 0 aromatic rings. The average Bonchev–Trinajstić information content (AvgIpc) is 2.63. The highest BCUT2D eigenvalue weighted by atomic mass is 16.6. The van der Waals surface area contributed by atoms with E-state index < -0.39 is 0 Å². The lowest BCUT2D eigenvalue weighted by Crippen LogP contribution is -2.13. The van der Waals surface area contributed by atoms with Crippen LogP contribution in [0, 0.1) is 0 Å². The minimum atomic E-state index is 0.605. The SMILES string of the molecule is CCCCCCCOCCOCCOCCOCCOCCCCC. The van der Waals surface area contributed by atoms with Crippen molar-refractivity contribution < 1.29 is 23.7 Å². The van der Waals surface area contributed by atoms with Crippen LogP contribution in [0.25, 0.3) is 0 Å². The van der Waals surface area contributed by atoms with Crippen molar-refractivity contribution in [1.29, 1.82) is 0 Å². The highest BCUT2D eigenvalue weighted by molar-refractivity contribution is 4.42. The van der Waals surface area contributed by atoms with Gasteiger partial charge in [0.05, 0.1) is 52.9 Å². The van der Waals surface area contributed by atoms with Crippen molar-refractivity contribution in [1.82, 2.24) is 0 Å². The lowest BCUT2D eigenvalue weighted by atomic mass is 10.2. The molecule has 0 spiro atoms. The molecular weight excluding hydrogens is 320 g/mol. The summed E-state index contributed by atoms with van der Waals surface area (Å²) >= 11 is 0. The van der Waals surface area contributed by atoms with E-state index in [0.29, 0.717) is 52.9 Å². The van der Waals surface area contributed by atoms with Crippen LogP contribution < -0.4 is 0 Å². The van der Waals surface area contributed by atoms with Crippen LogP contribution in [0.5, 0.6) is 0 Å². The van der Waals surface area contributed by atoms with Gasteiger partial charge in [0.2, 0.25) is 0 Å². The Balaban J connectivity index is 2.94. The van der Waals surface area contributed by atoms with Crippen molar-refractivity contribution in [2.24, 2.45) is 0 Å². The summed E-state index contributed by atoms with van der Waals surface area (Å²) in [5.41, 5.74) is 0. The first-order valence-corrected chi connectivity index (χ1v) is 10.3. The van der Waals surface area contributed by atoms with Crippen LogP contribution in [0.2, 0.25) is 0 Å². The molecule has 0 heterocycles. The molecule has 152 valence electrons. The number of ether oxygens (including phenoxy) is 5. The number of unbranched alkanes of at least 4 members (excludes halogenated alkanes) is 6. The van der Waals surface area contributed by atoms with Gasteiger partial charge in [-0.2, -0.15) is 0 Å². The summed E-state index contributed by atoms with van der Waals surface area (Å²) in [7, 11) is 0. The maximum absolute atomic E-state index is 5.53. The average molecular weight is 363 g/mol. The van der Waals surface area contributed by atoms with E-state index >= 15 is 0 Å². The molecule has 0 aliphatic heterocycles. The van der Waals surface area contributed by atoms with Gasteiger partial charge >= 0.3 is 0 Å². The summed E-state index contributed by atoms with van der Waals surface area (Å²) < 4.78 is 27.3. The summed E-state index contributed by atoms with van der Waals surface area (Å²) in [6, 6.07) is 0. The monoisotopic (exact) mass is 362 g/mol. The molecule has 0 bridgehead atoms. The predicted molar refractivity (Wildman–Crippen MR) is 102 cm³/mol. The number of hydrogen-bond donors (Lipinski definition) is 0. The molecule has 0 radical (unpaired) electrons. The molecule has 0 N–H and O–H groups in total. The Morgan fingerprint density at radius 2 is 0.600 bits per heavy atom. The van der Waals surface area contributed by atoms with Crippen molar-refractivity contribution in [3.05, 3.63) is 0 Å². The number of hydrogen-bond acceptors (Lipinski definition) is 5. The minimum Gasteiger partial charge on any atom is -0.379 e. The molecule has 0 atom stereocenters. The van der Waals surface area contributed by atoms with E-state index in [4.69, 9.17) is 23.7 Å². The van der Waals surface area contributed by atoms with Gasteiger partial charge in [-0.15, -0.1) is 0 Å². The molecular formula is C20H42O5. The third-order valence-corrected chi connectivity index (χ3v) is 3.77. The van der Waals surface area contributed by atoms with E-state index in [0.717, 1.165) is 26.1 Å². The molecule has 0 aliphatic carbocycles. The maximum atomic E-state index is 5.53. The Bertz CT molecular complexity index is 204. The Morgan fingerprint density at radius 1 is 0.320 bits per heavy atom. The zero-order chi connectivity index (χ0) is 18.3. The standard InChI is InChI=1S/C20H42O5/c1-3-5-7-8-10-12-22-14-16-24-18-20-25-19-17-23-15-13-21-11-9-6-4-2/h3-20H2,1-2H3. The highest BCUT2D eigenvalue weighted by Gasteiger charge is 1.94. The molecule has 0 unspecified atom stereocenters. The third-order valence-electron chi connectivity index (χ3n) is 3.77. The first-order chi connectivity index (χ1) is 12.4. The Kier molecular flexibility index (Phi) is 23.6. The van der Waals surface area contributed by atoms with Crippen molar-refractivity contribution in [3.63, 3.8) is 0 Å². The van der Waals surface area contributed by atoms with Crippen LogP contribution in [0.3, 0.4) is 0 Å². The van der Waals surface area contributed by atoms with E-state index in [2.05, 4.69) is 13.8 Å². The largest absolute Gasteiger partial charge is 0.379 e. The summed E-state index contributed by atoms with van der Waals surface area (Å²) in [4.78, 5) is 0. The van der Waals surface area contributed by atoms with Gasteiger partial charge in [-0.1, -0.05) is 52.4 Å². The Labute approximate surface area is 155 Å². The Morgan fingerprint density at radius 3 is 1.00 bits per heavy atom. The summed E-state index contributed by atoms with van der Waals surface area (Å²) in [5, 5.41) is 0. The van der Waals surface area contributed by atoms with Crippen molar-refractivity contribution in [2.75, 3.05) is 66.1 Å². The van der Waals surface area contributed by atoms with Gasteiger partial charge < -0.3 is 23.7 Å². The van der Waals surface area contributed by atoms with Gasteiger partial charge in [0, 0.05) is 13.2 Å². The molecule has 0 saturated heterocycles. The molecule has 25 heavy (non-hydrogen) atoms. The van der Waals surface area contributed by atoms with Crippen LogP contribution in [-0.2, 0) is 23.7 Å².